The summed E-state index contributed by atoms with van der Waals surface area (Å²) in [4.78, 5) is 25.9. The molecule has 0 aliphatic rings. The number of amides is 2. The summed E-state index contributed by atoms with van der Waals surface area (Å²) in [6.07, 6.45) is -0.927. The van der Waals surface area contributed by atoms with E-state index in [2.05, 4.69) is 27.7 Å². The molecule has 2 N–H and O–H groups in total. The van der Waals surface area contributed by atoms with Gasteiger partial charge in [0, 0.05) is 32.7 Å². The van der Waals surface area contributed by atoms with E-state index in [1.54, 1.807) is 0 Å². The molecule has 3 rings (SSSR count). The summed E-state index contributed by atoms with van der Waals surface area (Å²) in [5.74, 6) is 0. The second-order valence-electron chi connectivity index (χ2n) is 8.96. The van der Waals surface area contributed by atoms with Crippen LogP contribution >= 0.6 is 0 Å². The molecule has 0 bridgehead atoms. The highest BCUT2D eigenvalue weighted by Crippen LogP contribution is 2.05. The minimum atomic E-state index is -0.464. The van der Waals surface area contributed by atoms with Crippen molar-refractivity contribution in [2.45, 2.75) is 19.8 Å². The maximum absolute atomic E-state index is 11.8. The Hall–Kier alpha value is -3.92. The molecule has 3 aromatic carbocycles. The molecule has 40 heavy (non-hydrogen) atoms. The summed E-state index contributed by atoms with van der Waals surface area (Å²) >= 11 is 0. The van der Waals surface area contributed by atoms with Crippen LogP contribution in [0.25, 0.3) is 0 Å². The van der Waals surface area contributed by atoms with Gasteiger partial charge >= 0.3 is 12.2 Å². The van der Waals surface area contributed by atoms with E-state index in [-0.39, 0.29) is 13.2 Å². The molecule has 0 aliphatic heterocycles. The molecule has 2 amide bonds. The first-order valence-corrected chi connectivity index (χ1v) is 13.5. The summed E-state index contributed by atoms with van der Waals surface area (Å²) in [7, 11) is 0. The molecule has 0 heterocycles. The van der Waals surface area contributed by atoms with Crippen LogP contribution in [-0.2, 0) is 38.7 Å². The SMILES string of the molecule is O=C(NCCOCCN(CCOCCNC(=O)OCc1ccccc1)Cc1ccccc1)OCc1ccccc1. The number of benzene rings is 3. The van der Waals surface area contributed by atoms with Gasteiger partial charge in [0.2, 0.25) is 0 Å². The predicted molar refractivity (Wildman–Crippen MR) is 153 cm³/mol. The molecule has 214 valence electrons. The summed E-state index contributed by atoms with van der Waals surface area (Å²) in [6.45, 7) is 5.21. The van der Waals surface area contributed by atoms with Gasteiger partial charge in [0.1, 0.15) is 13.2 Å². The number of nitrogens with one attached hydrogen (secondary N) is 2. The van der Waals surface area contributed by atoms with E-state index in [1.165, 1.54) is 5.56 Å². The Bertz CT molecular complexity index is 1020. The van der Waals surface area contributed by atoms with Crippen molar-refractivity contribution in [3.63, 3.8) is 0 Å². The Morgan fingerprint density at radius 3 is 1.38 bits per heavy atom. The fourth-order valence-electron chi connectivity index (χ4n) is 3.70. The third-order valence-corrected chi connectivity index (χ3v) is 5.81. The predicted octanol–water partition coefficient (Wildman–Crippen LogP) is 4.37. The van der Waals surface area contributed by atoms with Gasteiger partial charge in [-0.3, -0.25) is 4.90 Å². The largest absolute Gasteiger partial charge is 0.445 e. The molecule has 0 unspecified atom stereocenters. The Morgan fingerprint density at radius 2 is 0.950 bits per heavy atom. The van der Waals surface area contributed by atoms with Crippen LogP contribution in [0.3, 0.4) is 0 Å². The van der Waals surface area contributed by atoms with Crippen LogP contribution in [0.1, 0.15) is 16.7 Å². The van der Waals surface area contributed by atoms with Crippen molar-refractivity contribution < 1.29 is 28.5 Å². The van der Waals surface area contributed by atoms with Crippen LogP contribution in [0.5, 0.6) is 0 Å². The first kappa shape index (κ1) is 30.6. The van der Waals surface area contributed by atoms with Crippen molar-refractivity contribution in [3.8, 4) is 0 Å². The van der Waals surface area contributed by atoms with Gasteiger partial charge < -0.3 is 29.6 Å². The highest BCUT2D eigenvalue weighted by molar-refractivity contribution is 5.67. The molecule has 9 nitrogen and oxygen atoms in total. The lowest BCUT2D eigenvalue weighted by Gasteiger charge is -2.22. The van der Waals surface area contributed by atoms with Crippen LogP contribution < -0.4 is 10.6 Å². The number of hydrogen-bond acceptors (Lipinski definition) is 7. The molecule has 0 fully saturated rings. The lowest BCUT2D eigenvalue weighted by molar-refractivity contribution is 0.0710. The van der Waals surface area contributed by atoms with Crippen molar-refractivity contribution >= 4 is 12.2 Å². The minimum Gasteiger partial charge on any atom is -0.445 e. The first-order valence-electron chi connectivity index (χ1n) is 13.5. The summed E-state index contributed by atoms with van der Waals surface area (Å²) in [5, 5.41) is 5.40. The molecular weight excluding hydrogens is 510 g/mol. The van der Waals surface area contributed by atoms with E-state index in [0.717, 1.165) is 17.7 Å². The molecule has 0 saturated heterocycles. The van der Waals surface area contributed by atoms with Crippen LogP contribution in [0, 0.1) is 0 Å². The Kier molecular flexibility index (Phi) is 14.7. The smallest absolute Gasteiger partial charge is 0.407 e. The van der Waals surface area contributed by atoms with Crippen LogP contribution in [0.15, 0.2) is 91.0 Å². The zero-order chi connectivity index (χ0) is 28.1. The lowest BCUT2D eigenvalue weighted by Crippen LogP contribution is -2.33. The molecule has 0 spiro atoms. The van der Waals surface area contributed by atoms with E-state index in [4.69, 9.17) is 18.9 Å². The third kappa shape index (κ3) is 13.7. The van der Waals surface area contributed by atoms with Crippen LogP contribution in [-0.4, -0.2) is 69.7 Å². The quantitative estimate of drug-likeness (QED) is 0.227. The van der Waals surface area contributed by atoms with E-state index >= 15 is 0 Å². The zero-order valence-electron chi connectivity index (χ0n) is 22.8. The topological polar surface area (TPSA) is 98.4 Å². The molecular formula is C31H39N3O6. The number of carbonyl (C=O) groups excluding carboxylic acids is 2. The van der Waals surface area contributed by atoms with Crippen molar-refractivity contribution in [2.75, 3.05) is 52.6 Å². The van der Waals surface area contributed by atoms with Gasteiger partial charge in [-0.05, 0) is 16.7 Å². The van der Waals surface area contributed by atoms with Gasteiger partial charge in [0.15, 0.2) is 0 Å². The summed E-state index contributed by atoms with van der Waals surface area (Å²) in [6, 6.07) is 29.3. The van der Waals surface area contributed by atoms with Crippen molar-refractivity contribution in [3.05, 3.63) is 108 Å². The standard InChI is InChI=1S/C31H39N3O6/c35-30(39-25-28-12-6-2-7-13-28)32-16-20-37-22-18-34(24-27-10-4-1-5-11-27)19-23-38-21-17-33-31(36)40-26-29-14-8-3-9-15-29/h1-15H,16-26H2,(H,32,35)(H,33,36). The lowest BCUT2D eigenvalue weighted by atomic mass is 10.2. The fourth-order valence-corrected chi connectivity index (χ4v) is 3.70. The minimum absolute atomic E-state index is 0.235. The normalized spacial score (nSPS) is 10.7. The number of hydrogen-bond donors (Lipinski definition) is 2. The monoisotopic (exact) mass is 549 g/mol. The highest BCUT2D eigenvalue weighted by atomic mass is 16.6. The number of alkyl carbamates (subject to hydrolysis) is 2. The number of ether oxygens (including phenoxy) is 4. The van der Waals surface area contributed by atoms with Crippen LogP contribution in [0.4, 0.5) is 9.59 Å². The second kappa shape index (κ2) is 19.2. The van der Waals surface area contributed by atoms with Gasteiger partial charge in [-0.15, -0.1) is 0 Å². The van der Waals surface area contributed by atoms with E-state index in [0.29, 0.717) is 52.6 Å². The molecule has 0 radical (unpaired) electrons. The molecule has 0 atom stereocenters. The molecule has 0 aromatic heterocycles. The van der Waals surface area contributed by atoms with E-state index < -0.39 is 12.2 Å². The number of rotatable bonds is 18. The maximum atomic E-state index is 11.8. The molecule has 3 aromatic rings. The van der Waals surface area contributed by atoms with E-state index in [1.807, 2.05) is 78.9 Å². The number of carbonyl (C=O) groups is 2. The average Bonchev–Trinajstić information content (AvgIpc) is 2.99. The van der Waals surface area contributed by atoms with Gasteiger partial charge in [-0.25, -0.2) is 9.59 Å². The Morgan fingerprint density at radius 1 is 0.550 bits per heavy atom. The Balaban J connectivity index is 1.25. The summed E-state index contributed by atoms with van der Waals surface area (Å²) in [5.41, 5.74) is 3.08. The third-order valence-electron chi connectivity index (χ3n) is 5.81. The van der Waals surface area contributed by atoms with Gasteiger partial charge in [-0.2, -0.15) is 0 Å². The van der Waals surface area contributed by atoms with Gasteiger partial charge in [-0.1, -0.05) is 91.0 Å². The highest BCUT2D eigenvalue weighted by Gasteiger charge is 2.08. The maximum Gasteiger partial charge on any atom is 0.407 e. The van der Waals surface area contributed by atoms with Crippen molar-refractivity contribution in [1.82, 2.24) is 15.5 Å². The van der Waals surface area contributed by atoms with Gasteiger partial charge in [0.05, 0.1) is 26.4 Å². The van der Waals surface area contributed by atoms with Crippen LogP contribution in [0.2, 0.25) is 0 Å². The average molecular weight is 550 g/mol. The van der Waals surface area contributed by atoms with Crippen molar-refractivity contribution in [1.29, 1.82) is 0 Å². The van der Waals surface area contributed by atoms with E-state index in [9.17, 15) is 9.59 Å². The first-order chi connectivity index (χ1) is 19.7. The number of nitrogens with zero attached hydrogens (tertiary/aromatic N) is 1. The summed E-state index contributed by atoms with van der Waals surface area (Å²) < 4.78 is 21.8. The fraction of sp³-hybridized carbons (Fsp3) is 0.355. The molecule has 0 saturated carbocycles. The second-order valence-corrected chi connectivity index (χ2v) is 8.96. The molecule has 9 heteroatoms. The Labute approximate surface area is 236 Å². The molecule has 0 aliphatic carbocycles. The van der Waals surface area contributed by atoms with Gasteiger partial charge in [0.25, 0.3) is 0 Å². The zero-order valence-corrected chi connectivity index (χ0v) is 22.8. The van der Waals surface area contributed by atoms with Crippen molar-refractivity contribution in [2.24, 2.45) is 0 Å².